The van der Waals surface area contributed by atoms with Crippen molar-refractivity contribution in [3.8, 4) is 5.75 Å². The molecule has 5 rings (SSSR count). The Labute approximate surface area is 210 Å². The largest absolute Gasteiger partial charge is 0.496 e. The summed E-state index contributed by atoms with van der Waals surface area (Å²) in [4.78, 5) is 30.3. The number of carbonyl (C=O) groups is 2. The van der Waals surface area contributed by atoms with Gasteiger partial charge >= 0.3 is 0 Å². The fourth-order valence-corrected chi connectivity index (χ4v) is 5.44. The highest BCUT2D eigenvalue weighted by Gasteiger charge is 2.41. The molecule has 3 unspecified atom stereocenters. The van der Waals surface area contributed by atoms with Gasteiger partial charge in [0.2, 0.25) is 5.91 Å². The number of rotatable bonds is 4. The van der Waals surface area contributed by atoms with E-state index in [1.165, 1.54) is 0 Å². The number of anilines is 1. The van der Waals surface area contributed by atoms with Crippen molar-refractivity contribution in [1.29, 1.82) is 0 Å². The normalized spacial score (nSPS) is 25.5. The van der Waals surface area contributed by atoms with E-state index < -0.39 is 0 Å². The third-order valence-corrected chi connectivity index (χ3v) is 7.38. The minimum absolute atomic E-state index is 0.0994. The van der Waals surface area contributed by atoms with Crippen molar-refractivity contribution in [3.05, 3.63) is 64.9 Å². The number of fused-ring (bicyclic) bond motifs is 1. The molecule has 0 spiro atoms. The molecule has 2 aromatic carbocycles. The standard InChI is InChI=1S/C27H30ClN3O4/c1-34-23-8-3-2-5-18(23)16-25-26(32)29-22-15-19(9-10-24(22)35-25)27(33)31-13-11-30(12-14-31)21-7-4-6-20(28)17-21/h2-8,16-17,19,22,24H,9-15H2,1H3,(H,29,32)/b25-16+. The SMILES string of the molecule is COc1ccccc1/C=C1/OC2CCC(C(=O)N3CCN(c4cccc(Cl)c4)CC3)CC2NC1=O. The molecular formula is C27H30ClN3O4. The first-order valence-corrected chi connectivity index (χ1v) is 12.5. The third kappa shape index (κ3) is 5.10. The summed E-state index contributed by atoms with van der Waals surface area (Å²) in [5.74, 6) is 0.803. The number of piperazine rings is 1. The molecule has 1 saturated carbocycles. The predicted octanol–water partition coefficient (Wildman–Crippen LogP) is 3.72. The van der Waals surface area contributed by atoms with Gasteiger partial charge in [-0.1, -0.05) is 35.9 Å². The molecule has 1 N–H and O–H groups in total. The van der Waals surface area contributed by atoms with Crippen LogP contribution in [0.4, 0.5) is 5.69 Å². The van der Waals surface area contributed by atoms with E-state index >= 15 is 0 Å². The summed E-state index contributed by atoms with van der Waals surface area (Å²) < 4.78 is 11.5. The second kappa shape index (κ2) is 10.2. The topological polar surface area (TPSA) is 71.1 Å². The Kier molecular flexibility index (Phi) is 6.86. The van der Waals surface area contributed by atoms with Crippen LogP contribution in [0.15, 0.2) is 54.3 Å². The first-order chi connectivity index (χ1) is 17.0. The maximum atomic E-state index is 13.3. The highest BCUT2D eigenvalue weighted by atomic mass is 35.5. The fourth-order valence-electron chi connectivity index (χ4n) is 5.26. The summed E-state index contributed by atoms with van der Waals surface area (Å²) in [6, 6.07) is 15.2. The minimum Gasteiger partial charge on any atom is -0.496 e. The number of morpholine rings is 1. The minimum atomic E-state index is -0.250. The molecular weight excluding hydrogens is 466 g/mol. The summed E-state index contributed by atoms with van der Waals surface area (Å²) in [5, 5.41) is 3.80. The molecule has 0 aromatic heterocycles. The van der Waals surface area contributed by atoms with Crippen molar-refractivity contribution in [3.63, 3.8) is 0 Å². The molecule has 2 aromatic rings. The highest BCUT2D eigenvalue weighted by Crippen LogP contribution is 2.33. The maximum Gasteiger partial charge on any atom is 0.286 e. The molecule has 2 amide bonds. The van der Waals surface area contributed by atoms with Gasteiger partial charge in [-0.15, -0.1) is 0 Å². The molecule has 2 saturated heterocycles. The number of hydrogen-bond donors (Lipinski definition) is 1. The van der Waals surface area contributed by atoms with E-state index in [1.54, 1.807) is 13.2 Å². The van der Waals surface area contributed by atoms with Gasteiger partial charge < -0.3 is 24.6 Å². The summed E-state index contributed by atoms with van der Waals surface area (Å²) in [6.07, 6.45) is 3.68. The lowest BCUT2D eigenvalue weighted by atomic mass is 9.82. The van der Waals surface area contributed by atoms with Crippen LogP contribution in [0, 0.1) is 5.92 Å². The van der Waals surface area contributed by atoms with Crippen LogP contribution in [0.1, 0.15) is 24.8 Å². The Morgan fingerprint density at radius 2 is 1.91 bits per heavy atom. The van der Waals surface area contributed by atoms with Crippen molar-refractivity contribution in [1.82, 2.24) is 10.2 Å². The van der Waals surface area contributed by atoms with Gasteiger partial charge in [0.25, 0.3) is 5.91 Å². The quantitative estimate of drug-likeness (QED) is 0.654. The lowest BCUT2D eigenvalue weighted by molar-refractivity contribution is -0.141. The molecule has 0 radical (unpaired) electrons. The summed E-state index contributed by atoms with van der Waals surface area (Å²) in [6.45, 7) is 2.93. The number of nitrogens with zero attached hydrogens (tertiary/aromatic N) is 2. The molecule has 3 aliphatic rings. The molecule has 184 valence electrons. The van der Waals surface area contributed by atoms with Crippen molar-refractivity contribution >= 4 is 35.2 Å². The smallest absolute Gasteiger partial charge is 0.286 e. The van der Waals surface area contributed by atoms with Crippen LogP contribution in [0.5, 0.6) is 5.75 Å². The monoisotopic (exact) mass is 495 g/mol. The average Bonchev–Trinajstić information content (AvgIpc) is 2.89. The first-order valence-electron chi connectivity index (χ1n) is 12.1. The van der Waals surface area contributed by atoms with E-state index in [4.69, 9.17) is 21.1 Å². The number of benzene rings is 2. The number of methoxy groups -OCH3 is 1. The summed E-state index contributed by atoms with van der Waals surface area (Å²) >= 11 is 6.13. The number of carbonyl (C=O) groups excluding carboxylic acids is 2. The van der Waals surface area contributed by atoms with Gasteiger partial charge in [0, 0.05) is 48.4 Å². The number of amides is 2. The fraction of sp³-hybridized carbons (Fsp3) is 0.407. The molecule has 7 nitrogen and oxygen atoms in total. The zero-order valence-electron chi connectivity index (χ0n) is 19.8. The zero-order chi connectivity index (χ0) is 24.4. The van der Waals surface area contributed by atoms with Crippen LogP contribution in [0.2, 0.25) is 5.02 Å². The summed E-state index contributed by atoms with van der Waals surface area (Å²) in [5.41, 5.74) is 1.88. The van der Waals surface area contributed by atoms with E-state index in [0.717, 1.165) is 42.2 Å². The van der Waals surface area contributed by atoms with Crippen LogP contribution in [-0.4, -0.2) is 62.1 Å². The number of ether oxygens (including phenoxy) is 2. The predicted molar refractivity (Wildman–Crippen MR) is 135 cm³/mol. The Morgan fingerprint density at radius 3 is 2.69 bits per heavy atom. The summed E-state index contributed by atoms with van der Waals surface area (Å²) in [7, 11) is 1.60. The van der Waals surface area contributed by atoms with E-state index in [-0.39, 0.29) is 35.6 Å². The zero-order valence-corrected chi connectivity index (χ0v) is 20.5. The van der Waals surface area contributed by atoms with Crippen LogP contribution < -0.4 is 15.0 Å². The molecule has 8 heteroatoms. The first kappa shape index (κ1) is 23.5. The Morgan fingerprint density at radius 1 is 1.11 bits per heavy atom. The van der Waals surface area contributed by atoms with E-state index in [9.17, 15) is 9.59 Å². The van der Waals surface area contributed by atoms with Crippen molar-refractivity contribution in [2.45, 2.75) is 31.4 Å². The van der Waals surface area contributed by atoms with Gasteiger partial charge in [0.15, 0.2) is 5.76 Å². The van der Waals surface area contributed by atoms with E-state index in [0.29, 0.717) is 25.3 Å². The molecule has 3 fully saturated rings. The second-order valence-corrected chi connectivity index (χ2v) is 9.73. The van der Waals surface area contributed by atoms with Crippen molar-refractivity contribution < 1.29 is 19.1 Å². The van der Waals surface area contributed by atoms with Gasteiger partial charge in [0.05, 0.1) is 13.2 Å². The number of nitrogens with one attached hydrogen (secondary N) is 1. The van der Waals surface area contributed by atoms with Gasteiger partial charge in [-0.25, -0.2) is 0 Å². The Balaban J connectivity index is 1.18. The molecule has 3 atom stereocenters. The van der Waals surface area contributed by atoms with Crippen molar-refractivity contribution in [2.24, 2.45) is 5.92 Å². The van der Waals surface area contributed by atoms with Gasteiger partial charge in [-0.3, -0.25) is 9.59 Å². The lowest BCUT2D eigenvalue weighted by Gasteiger charge is -2.42. The second-order valence-electron chi connectivity index (χ2n) is 9.29. The van der Waals surface area contributed by atoms with Gasteiger partial charge in [-0.2, -0.15) is 0 Å². The van der Waals surface area contributed by atoms with Crippen LogP contribution in [0.25, 0.3) is 6.08 Å². The molecule has 2 heterocycles. The number of halogens is 1. The van der Waals surface area contributed by atoms with Gasteiger partial charge in [-0.05, 0) is 49.6 Å². The molecule has 1 aliphatic carbocycles. The Hall–Kier alpha value is -3.19. The number of hydrogen-bond acceptors (Lipinski definition) is 5. The lowest BCUT2D eigenvalue weighted by Crippen LogP contribution is -2.56. The molecule has 2 aliphatic heterocycles. The van der Waals surface area contributed by atoms with E-state index in [1.807, 2.05) is 53.4 Å². The van der Waals surface area contributed by atoms with Crippen molar-refractivity contribution in [2.75, 3.05) is 38.2 Å². The maximum absolute atomic E-state index is 13.3. The van der Waals surface area contributed by atoms with Crippen LogP contribution in [-0.2, 0) is 14.3 Å². The molecule has 35 heavy (non-hydrogen) atoms. The van der Waals surface area contributed by atoms with Crippen LogP contribution in [0.3, 0.4) is 0 Å². The third-order valence-electron chi connectivity index (χ3n) is 7.14. The number of para-hydroxylation sites is 1. The molecule has 0 bridgehead atoms. The Bertz CT molecular complexity index is 1130. The highest BCUT2D eigenvalue weighted by molar-refractivity contribution is 6.30. The van der Waals surface area contributed by atoms with Gasteiger partial charge in [0.1, 0.15) is 11.9 Å². The van der Waals surface area contributed by atoms with Crippen LogP contribution >= 0.6 is 11.6 Å². The average molecular weight is 496 g/mol. The van der Waals surface area contributed by atoms with E-state index in [2.05, 4.69) is 10.2 Å².